The van der Waals surface area contributed by atoms with Gasteiger partial charge in [0.1, 0.15) is 0 Å². The van der Waals surface area contributed by atoms with Crippen molar-refractivity contribution in [3.63, 3.8) is 0 Å². The number of esters is 1. The first-order valence-corrected chi connectivity index (χ1v) is 6.75. The van der Waals surface area contributed by atoms with Gasteiger partial charge in [0.2, 0.25) is 0 Å². The fourth-order valence-electron chi connectivity index (χ4n) is 1.46. The smallest absolute Gasteiger partial charge is 0.338 e. The Morgan fingerprint density at radius 2 is 1.89 bits per heavy atom. The van der Waals surface area contributed by atoms with E-state index in [4.69, 9.17) is 16.3 Å². The van der Waals surface area contributed by atoms with Crippen molar-refractivity contribution in [1.82, 2.24) is 5.32 Å². The lowest BCUT2D eigenvalue weighted by molar-refractivity contribution is 0.0501. The van der Waals surface area contributed by atoms with Crippen molar-refractivity contribution in [3.8, 4) is 0 Å². The van der Waals surface area contributed by atoms with Crippen LogP contribution < -0.4 is 5.32 Å². The zero-order valence-electron chi connectivity index (χ0n) is 10.7. The van der Waals surface area contributed by atoms with Crippen molar-refractivity contribution in [2.75, 3.05) is 19.7 Å². The van der Waals surface area contributed by atoms with Crippen molar-refractivity contribution in [3.05, 3.63) is 34.9 Å². The number of nitrogens with one attached hydrogen (secondary N) is 1. The molecule has 0 aliphatic rings. The van der Waals surface area contributed by atoms with E-state index in [0.29, 0.717) is 17.2 Å². The number of carbonyl (C=O) groups excluding carboxylic acids is 1. The molecule has 1 N–H and O–H groups in total. The standard InChI is InChI=1S/C14H20ClNO2/c1-2-3-9-16-10-4-11-18-14(17)12-5-7-13(15)8-6-12/h5-8,16H,2-4,9-11H2,1H3. The van der Waals surface area contributed by atoms with Gasteiger partial charge in [0.05, 0.1) is 12.2 Å². The van der Waals surface area contributed by atoms with Crippen LogP contribution >= 0.6 is 11.6 Å². The highest BCUT2D eigenvalue weighted by Gasteiger charge is 2.05. The molecule has 0 saturated carbocycles. The highest BCUT2D eigenvalue weighted by Crippen LogP contribution is 2.10. The Morgan fingerprint density at radius 3 is 2.56 bits per heavy atom. The maximum Gasteiger partial charge on any atom is 0.338 e. The maximum absolute atomic E-state index is 11.6. The third-order valence-electron chi connectivity index (χ3n) is 2.52. The quantitative estimate of drug-likeness (QED) is 0.581. The molecule has 3 nitrogen and oxygen atoms in total. The van der Waals surface area contributed by atoms with E-state index >= 15 is 0 Å². The van der Waals surface area contributed by atoms with E-state index in [1.54, 1.807) is 24.3 Å². The lowest BCUT2D eigenvalue weighted by Gasteiger charge is -2.06. The highest BCUT2D eigenvalue weighted by atomic mass is 35.5. The maximum atomic E-state index is 11.6. The van der Waals surface area contributed by atoms with Crippen molar-refractivity contribution in [2.45, 2.75) is 26.2 Å². The molecule has 0 aliphatic carbocycles. The molecule has 0 heterocycles. The summed E-state index contributed by atoms with van der Waals surface area (Å²) < 4.78 is 5.15. The van der Waals surface area contributed by atoms with Crippen molar-refractivity contribution in [2.24, 2.45) is 0 Å². The molecule has 0 atom stereocenters. The van der Waals surface area contributed by atoms with Crippen LogP contribution in [0.1, 0.15) is 36.5 Å². The highest BCUT2D eigenvalue weighted by molar-refractivity contribution is 6.30. The number of halogens is 1. The van der Waals surface area contributed by atoms with Crippen LogP contribution in [0.4, 0.5) is 0 Å². The van der Waals surface area contributed by atoms with Crippen LogP contribution in [0.2, 0.25) is 5.02 Å². The molecule has 1 rings (SSSR count). The summed E-state index contributed by atoms with van der Waals surface area (Å²) in [6.07, 6.45) is 3.21. The molecular formula is C14H20ClNO2. The Morgan fingerprint density at radius 1 is 1.22 bits per heavy atom. The fourth-order valence-corrected chi connectivity index (χ4v) is 1.58. The lowest BCUT2D eigenvalue weighted by atomic mass is 10.2. The molecule has 100 valence electrons. The first-order chi connectivity index (χ1) is 8.74. The number of rotatable bonds is 8. The van der Waals surface area contributed by atoms with Gasteiger partial charge in [0, 0.05) is 5.02 Å². The van der Waals surface area contributed by atoms with Crippen LogP contribution in [-0.4, -0.2) is 25.7 Å². The molecule has 0 amide bonds. The molecular weight excluding hydrogens is 250 g/mol. The summed E-state index contributed by atoms with van der Waals surface area (Å²) in [5.41, 5.74) is 0.540. The van der Waals surface area contributed by atoms with E-state index in [0.717, 1.165) is 19.5 Å². The van der Waals surface area contributed by atoms with Gasteiger partial charge in [-0.3, -0.25) is 0 Å². The first-order valence-electron chi connectivity index (χ1n) is 6.37. The molecule has 0 radical (unpaired) electrons. The Kier molecular flexibility index (Phi) is 7.46. The van der Waals surface area contributed by atoms with Crippen LogP contribution in [0.3, 0.4) is 0 Å². The summed E-state index contributed by atoms with van der Waals surface area (Å²) in [7, 11) is 0. The molecule has 0 spiro atoms. The van der Waals surface area contributed by atoms with Crippen LogP contribution in [0.15, 0.2) is 24.3 Å². The minimum Gasteiger partial charge on any atom is -0.462 e. The van der Waals surface area contributed by atoms with E-state index in [2.05, 4.69) is 12.2 Å². The number of benzene rings is 1. The SMILES string of the molecule is CCCCNCCCOC(=O)c1ccc(Cl)cc1. The van der Waals surface area contributed by atoms with Crippen molar-refractivity contribution >= 4 is 17.6 Å². The van der Waals surface area contributed by atoms with Gasteiger partial charge in [-0.25, -0.2) is 4.79 Å². The zero-order chi connectivity index (χ0) is 13.2. The van der Waals surface area contributed by atoms with Gasteiger partial charge >= 0.3 is 5.97 Å². The second kappa shape index (κ2) is 8.95. The Labute approximate surface area is 113 Å². The molecule has 0 fully saturated rings. The third kappa shape index (κ3) is 6.03. The van der Waals surface area contributed by atoms with Gasteiger partial charge in [-0.2, -0.15) is 0 Å². The van der Waals surface area contributed by atoms with Crippen molar-refractivity contribution in [1.29, 1.82) is 0 Å². The van der Waals surface area contributed by atoms with Crippen LogP contribution in [0.5, 0.6) is 0 Å². The Hall–Kier alpha value is -1.06. The minimum atomic E-state index is -0.291. The van der Waals surface area contributed by atoms with Gasteiger partial charge in [0.25, 0.3) is 0 Å². The molecule has 0 saturated heterocycles. The van der Waals surface area contributed by atoms with Crippen LogP contribution in [0, 0.1) is 0 Å². The summed E-state index contributed by atoms with van der Waals surface area (Å²) in [6.45, 7) is 4.52. The first kappa shape index (κ1) is 15.0. The average molecular weight is 270 g/mol. The second-order valence-corrected chi connectivity index (χ2v) is 4.54. The summed E-state index contributed by atoms with van der Waals surface area (Å²) >= 11 is 5.74. The topological polar surface area (TPSA) is 38.3 Å². The Balaban J connectivity index is 2.12. The van der Waals surface area contributed by atoms with E-state index < -0.39 is 0 Å². The van der Waals surface area contributed by atoms with Crippen LogP contribution in [0.25, 0.3) is 0 Å². The predicted octanol–water partition coefficient (Wildman–Crippen LogP) is 3.28. The van der Waals surface area contributed by atoms with E-state index in [-0.39, 0.29) is 5.97 Å². The minimum absolute atomic E-state index is 0.291. The van der Waals surface area contributed by atoms with Gasteiger partial charge in [-0.15, -0.1) is 0 Å². The molecule has 0 aromatic heterocycles. The Bertz CT molecular complexity index is 351. The molecule has 1 aromatic carbocycles. The molecule has 0 bridgehead atoms. The summed E-state index contributed by atoms with van der Waals surface area (Å²) in [6, 6.07) is 6.71. The van der Waals surface area contributed by atoms with Gasteiger partial charge in [-0.05, 0) is 50.2 Å². The molecule has 18 heavy (non-hydrogen) atoms. The largest absolute Gasteiger partial charge is 0.462 e. The van der Waals surface area contributed by atoms with Gasteiger partial charge < -0.3 is 10.1 Å². The third-order valence-corrected chi connectivity index (χ3v) is 2.77. The predicted molar refractivity (Wildman–Crippen MR) is 74.1 cm³/mol. The molecule has 4 heteroatoms. The van der Waals surface area contributed by atoms with Crippen LogP contribution in [-0.2, 0) is 4.74 Å². The number of carbonyl (C=O) groups is 1. The normalized spacial score (nSPS) is 10.3. The van der Waals surface area contributed by atoms with Gasteiger partial charge in [0.15, 0.2) is 0 Å². The molecule has 1 aromatic rings. The summed E-state index contributed by atoms with van der Waals surface area (Å²) in [5, 5.41) is 3.92. The number of hydrogen-bond acceptors (Lipinski definition) is 3. The molecule has 0 unspecified atom stereocenters. The summed E-state index contributed by atoms with van der Waals surface area (Å²) in [4.78, 5) is 11.6. The average Bonchev–Trinajstić information content (AvgIpc) is 2.38. The lowest BCUT2D eigenvalue weighted by Crippen LogP contribution is -2.18. The number of unbranched alkanes of at least 4 members (excludes halogenated alkanes) is 1. The van der Waals surface area contributed by atoms with Gasteiger partial charge in [-0.1, -0.05) is 24.9 Å². The molecule has 0 aliphatic heterocycles. The van der Waals surface area contributed by atoms with E-state index in [1.165, 1.54) is 12.8 Å². The van der Waals surface area contributed by atoms with E-state index in [1.807, 2.05) is 0 Å². The van der Waals surface area contributed by atoms with Crippen molar-refractivity contribution < 1.29 is 9.53 Å². The number of ether oxygens (including phenoxy) is 1. The fraction of sp³-hybridized carbons (Fsp3) is 0.500. The zero-order valence-corrected chi connectivity index (χ0v) is 11.5. The number of hydrogen-bond donors (Lipinski definition) is 1. The monoisotopic (exact) mass is 269 g/mol. The summed E-state index contributed by atoms with van der Waals surface area (Å²) in [5.74, 6) is -0.291. The van der Waals surface area contributed by atoms with E-state index in [9.17, 15) is 4.79 Å². The second-order valence-electron chi connectivity index (χ2n) is 4.10.